The lowest BCUT2D eigenvalue weighted by Gasteiger charge is -2.47. The Morgan fingerprint density at radius 3 is 1.42 bits per heavy atom. The fraction of sp³-hybridized carbons (Fsp3) is 0.556. The lowest BCUT2D eigenvalue weighted by Crippen LogP contribution is -2.57. The van der Waals surface area contributed by atoms with Gasteiger partial charge in [0.2, 0.25) is 11.6 Å². The van der Waals surface area contributed by atoms with Crippen LogP contribution in [0.3, 0.4) is 0 Å². The lowest BCUT2D eigenvalue weighted by atomic mass is 9.51. The third kappa shape index (κ3) is 2.16. The summed E-state index contributed by atoms with van der Waals surface area (Å²) in [6, 6.07) is 0. The second kappa shape index (κ2) is 6.34. The number of allylic oxidation sites excluding steroid dienone is 2. The van der Waals surface area contributed by atoms with E-state index in [2.05, 4.69) is 0 Å². The number of methoxy groups -OCH3 is 2. The number of ketones is 2. The van der Waals surface area contributed by atoms with E-state index in [0.29, 0.717) is 12.8 Å². The third-order valence-corrected chi connectivity index (χ3v) is 4.88. The number of carbonyl (C=O) groups excluding carboxylic acids is 4. The molecular formula is C18H22O6. The molecule has 0 aromatic heterocycles. The fourth-order valence-electron chi connectivity index (χ4n) is 3.89. The van der Waals surface area contributed by atoms with E-state index in [1.165, 1.54) is 14.2 Å². The van der Waals surface area contributed by atoms with E-state index in [-0.39, 0.29) is 24.0 Å². The third-order valence-electron chi connectivity index (χ3n) is 4.88. The van der Waals surface area contributed by atoms with E-state index < -0.39 is 34.3 Å². The molecule has 0 spiro atoms. The first-order valence-corrected chi connectivity index (χ1v) is 8.07. The molecule has 2 bridgehead atoms. The van der Waals surface area contributed by atoms with Crippen LogP contribution in [0, 0.1) is 10.8 Å². The van der Waals surface area contributed by atoms with Gasteiger partial charge in [-0.1, -0.05) is 38.8 Å². The minimum atomic E-state index is -1.43. The zero-order chi connectivity index (χ0) is 18.1. The minimum absolute atomic E-state index is 0.0424. The molecule has 0 radical (unpaired) electrons. The van der Waals surface area contributed by atoms with Gasteiger partial charge >= 0.3 is 11.9 Å². The zero-order valence-electron chi connectivity index (χ0n) is 14.4. The second-order valence-electron chi connectivity index (χ2n) is 6.17. The van der Waals surface area contributed by atoms with Crippen LogP contribution in [0.2, 0.25) is 0 Å². The van der Waals surface area contributed by atoms with Crippen molar-refractivity contribution in [3.05, 3.63) is 23.3 Å². The first-order valence-electron chi connectivity index (χ1n) is 8.07. The number of carbonyl (C=O) groups is 4. The predicted octanol–water partition coefficient (Wildman–Crippen LogP) is 1.92. The smallest absolute Gasteiger partial charge is 0.335 e. The summed E-state index contributed by atoms with van der Waals surface area (Å²) >= 11 is 0. The van der Waals surface area contributed by atoms with Crippen LogP contribution in [0.25, 0.3) is 0 Å². The van der Waals surface area contributed by atoms with Crippen LogP contribution in [-0.4, -0.2) is 37.7 Å². The van der Waals surface area contributed by atoms with E-state index in [1.807, 2.05) is 13.8 Å². The summed E-state index contributed by atoms with van der Waals surface area (Å²) in [7, 11) is 2.38. The van der Waals surface area contributed by atoms with Gasteiger partial charge < -0.3 is 9.47 Å². The summed E-state index contributed by atoms with van der Waals surface area (Å²) in [6.07, 6.45) is 4.82. The summed E-state index contributed by atoms with van der Waals surface area (Å²) in [5.41, 5.74) is -2.95. The van der Waals surface area contributed by atoms with Gasteiger partial charge in [-0.15, -0.1) is 0 Å². The van der Waals surface area contributed by atoms with Crippen molar-refractivity contribution in [3.8, 4) is 0 Å². The number of Topliss-reactive ketones (excluding diaryl/α,β-unsaturated/α-hetero) is 2. The van der Waals surface area contributed by atoms with Crippen molar-refractivity contribution in [2.24, 2.45) is 10.8 Å². The van der Waals surface area contributed by atoms with E-state index in [9.17, 15) is 19.2 Å². The second-order valence-corrected chi connectivity index (χ2v) is 6.17. The quantitative estimate of drug-likeness (QED) is 0.419. The number of fused-ring (bicyclic) bond motifs is 1. The van der Waals surface area contributed by atoms with Gasteiger partial charge in [0.25, 0.3) is 0 Å². The molecule has 0 aliphatic heterocycles. The molecule has 6 nitrogen and oxygen atoms in total. The Hall–Kier alpha value is -2.24. The molecule has 0 amide bonds. The molecule has 3 aliphatic rings. The summed E-state index contributed by atoms with van der Waals surface area (Å²) < 4.78 is 9.69. The van der Waals surface area contributed by atoms with Gasteiger partial charge in [0, 0.05) is 0 Å². The molecular weight excluding hydrogens is 312 g/mol. The lowest BCUT2D eigenvalue weighted by molar-refractivity contribution is -0.152. The van der Waals surface area contributed by atoms with Gasteiger partial charge in [0.1, 0.15) is 0 Å². The summed E-state index contributed by atoms with van der Waals surface area (Å²) in [4.78, 5) is 50.7. The Labute approximate surface area is 140 Å². The van der Waals surface area contributed by atoms with Crippen LogP contribution in [0.1, 0.15) is 39.5 Å². The first-order chi connectivity index (χ1) is 11.4. The molecule has 2 unspecified atom stereocenters. The molecule has 3 aliphatic carbocycles. The highest BCUT2D eigenvalue weighted by atomic mass is 16.5. The molecule has 0 aromatic carbocycles. The molecule has 0 heterocycles. The van der Waals surface area contributed by atoms with Crippen LogP contribution in [0.4, 0.5) is 0 Å². The van der Waals surface area contributed by atoms with Gasteiger partial charge in [-0.3, -0.25) is 9.59 Å². The molecule has 0 N–H and O–H groups in total. The number of esters is 2. The van der Waals surface area contributed by atoms with Crippen molar-refractivity contribution in [2.75, 3.05) is 14.2 Å². The molecule has 0 saturated carbocycles. The highest BCUT2D eigenvalue weighted by Gasteiger charge is 2.64. The van der Waals surface area contributed by atoms with Crippen molar-refractivity contribution in [2.45, 2.75) is 39.5 Å². The van der Waals surface area contributed by atoms with Gasteiger partial charge in [-0.25, -0.2) is 9.59 Å². The summed E-state index contributed by atoms with van der Waals surface area (Å²) in [6.45, 7) is 3.69. The number of hydrogen-bond acceptors (Lipinski definition) is 6. The molecule has 0 aromatic rings. The summed E-state index contributed by atoms with van der Waals surface area (Å²) in [5.74, 6) is -2.83. The minimum Gasteiger partial charge on any atom is -0.466 e. The van der Waals surface area contributed by atoms with Gasteiger partial charge in [0.15, 0.2) is 0 Å². The molecule has 6 heteroatoms. The average Bonchev–Trinajstić information content (AvgIpc) is 2.59. The molecule has 0 fully saturated rings. The predicted molar refractivity (Wildman–Crippen MR) is 84.9 cm³/mol. The Kier molecular flexibility index (Phi) is 4.78. The highest BCUT2D eigenvalue weighted by Crippen LogP contribution is 2.56. The Morgan fingerprint density at radius 2 is 1.17 bits per heavy atom. The van der Waals surface area contributed by atoms with E-state index in [4.69, 9.17) is 9.47 Å². The Balaban J connectivity index is 2.90. The molecule has 24 heavy (non-hydrogen) atoms. The van der Waals surface area contributed by atoms with E-state index >= 15 is 0 Å². The van der Waals surface area contributed by atoms with Crippen LogP contribution >= 0.6 is 0 Å². The highest BCUT2D eigenvalue weighted by molar-refractivity contribution is 6.47. The van der Waals surface area contributed by atoms with Crippen molar-refractivity contribution >= 4 is 23.5 Å². The van der Waals surface area contributed by atoms with E-state index in [0.717, 1.165) is 0 Å². The zero-order valence-corrected chi connectivity index (χ0v) is 14.4. The van der Waals surface area contributed by atoms with Crippen molar-refractivity contribution in [1.82, 2.24) is 0 Å². The number of ether oxygens (including phenoxy) is 2. The van der Waals surface area contributed by atoms with Crippen molar-refractivity contribution < 1.29 is 28.7 Å². The van der Waals surface area contributed by atoms with Gasteiger partial charge in [-0.05, 0) is 12.8 Å². The summed E-state index contributed by atoms with van der Waals surface area (Å²) in [5, 5.41) is 0. The van der Waals surface area contributed by atoms with Crippen molar-refractivity contribution in [1.29, 1.82) is 0 Å². The van der Waals surface area contributed by atoms with Crippen LogP contribution < -0.4 is 0 Å². The van der Waals surface area contributed by atoms with Crippen molar-refractivity contribution in [3.63, 3.8) is 0 Å². The van der Waals surface area contributed by atoms with Gasteiger partial charge in [-0.2, -0.15) is 0 Å². The number of hydrogen-bond donors (Lipinski definition) is 0. The standard InChI is InChI=1S/C18H22O6/c1-5-7-17-9-10-18(8-6-2,14(20)13(17)19)12(16(22)24-4)11(17)15(21)23-3/h9-10H,5-8H2,1-4H3. The normalized spacial score (nSPS) is 28.3. The fourth-order valence-corrected chi connectivity index (χ4v) is 3.89. The molecule has 2 atom stereocenters. The van der Waals surface area contributed by atoms with Crippen LogP contribution in [0.5, 0.6) is 0 Å². The molecule has 0 saturated heterocycles. The Morgan fingerprint density at radius 1 is 0.833 bits per heavy atom. The maximum Gasteiger partial charge on any atom is 0.335 e. The average molecular weight is 334 g/mol. The van der Waals surface area contributed by atoms with E-state index in [1.54, 1.807) is 12.2 Å². The maximum absolute atomic E-state index is 12.9. The molecule has 3 rings (SSSR count). The largest absolute Gasteiger partial charge is 0.466 e. The SMILES string of the molecule is CCCC12C=CC(CCC)(C(=O)C1=O)C(C(=O)OC)=C2C(=O)OC. The first kappa shape index (κ1) is 18.1. The topological polar surface area (TPSA) is 86.7 Å². The van der Waals surface area contributed by atoms with Crippen LogP contribution in [0.15, 0.2) is 23.3 Å². The monoisotopic (exact) mass is 334 g/mol. The number of rotatable bonds is 6. The maximum atomic E-state index is 12.9. The Bertz CT molecular complexity index is 615. The van der Waals surface area contributed by atoms with Gasteiger partial charge in [0.05, 0.1) is 36.2 Å². The molecule has 130 valence electrons. The van der Waals surface area contributed by atoms with Crippen LogP contribution in [-0.2, 0) is 28.7 Å².